The maximum atomic E-state index is 12.6. The Balaban J connectivity index is 1.32. The summed E-state index contributed by atoms with van der Waals surface area (Å²) in [7, 11) is -3.56. The zero-order valence-electron chi connectivity index (χ0n) is 21.4. The van der Waals surface area contributed by atoms with Crippen molar-refractivity contribution in [2.75, 3.05) is 23.7 Å². The van der Waals surface area contributed by atoms with Crippen LogP contribution in [0.1, 0.15) is 21.5 Å². The summed E-state index contributed by atoms with van der Waals surface area (Å²) in [6.45, 7) is 1.12. The third-order valence-electron chi connectivity index (χ3n) is 5.80. The Labute approximate surface area is 234 Å². The average Bonchev–Trinajstić information content (AvgIpc) is 2.94. The molecule has 0 radical (unpaired) electrons. The number of sulfonamides is 1. The van der Waals surface area contributed by atoms with Crippen molar-refractivity contribution in [3.8, 4) is 11.5 Å². The topological polar surface area (TPSA) is 84.9 Å². The van der Waals surface area contributed by atoms with Gasteiger partial charge in [-0.15, -0.1) is 0 Å². The molecular weight excluding hydrogens is 536 g/mol. The van der Waals surface area contributed by atoms with E-state index in [4.69, 9.17) is 21.1 Å². The number of rotatable bonds is 12. The third-order valence-corrected chi connectivity index (χ3v) is 7.25. The number of nitrogens with one attached hydrogen (secondary N) is 1. The molecule has 0 aliphatic carbocycles. The summed E-state index contributed by atoms with van der Waals surface area (Å²) in [5, 5.41) is 3.31. The van der Waals surface area contributed by atoms with E-state index in [0.29, 0.717) is 40.9 Å². The van der Waals surface area contributed by atoms with Crippen molar-refractivity contribution < 1.29 is 22.7 Å². The Morgan fingerprint density at radius 2 is 1.49 bits per heavy atom. The summed E-state index contributed by atoms with van der Waals surface area (Å²) < 4.78 is 37.9. The molecule has 0 saturated heterocycles. The lowest BCUT2D eigenvalue weighted by Gasteiger charge is -2.23. The van der Waals surface area contributed by atoms with E-state index >= 15 is 0 Å². The van der Waals surface area contributed by atoms with Gasteiger partial charge in [-0.25, -0.2) is 8.42 Å². The molecule has 1 N–H and O–H groups in total. The summed E-state index contributed by atoms with van der Waals surface area (Å²) in [6.07, 6.45) is 1.17. The number of hydrogen-bond donors (Lipinski definition) is 1. The molecule has 39 heavy (non-hydrogen) atoms. The smallest absolute Gasteiger partial charge is 0.251 e. The molecule has 1 amide bonds. The van der Waals surface area contributed by atoms with Crippen LogP contribution in [0.2, 0.25) is 5.02 Å². The molecule has 0 bridgehead atoms. The summed E-state index contributed by atoms with van der Waals surface area (Å²) in [5.41, 5.74) is 2.76. The van der Waals surface area contributed by atoms with Gasteiger partial charge in [-0.2, -0.15) is 0 Å². The summed E-state index contributed by atoms with van der Waals surface area (Å²) >= 11 is 6.06. The fourth-order valence-corrected chi connectivity index (χ4v) is 4.84. The van der Waals surface area contributed by atoms with Crippen molar-refractivity contribution in [2.45, 2.75) is 13.2 Å². The number of carbonyl (C=O) groups is 1. The number of anilines is 1. The second kappa shape index (κ2) is 13.2. The van der Waals surface area contributed by atoms with Crippen molar-refractivity contribution in [1.82, 2.24) is 5.32 Å². The first-order chi connectivity index (χ1) is 18.8. The molecule has 9 heteroatoms. The van der Waals surface area contributed by atoms with Crippen LogP contribution < -0.4 is 19.1 Å². The normalized spacial score (nSPS) is 11.0. The number of benzene rings is 4. The second-order valence-electron chi connectivity index (χ2n) is 8.77. The van der Waals surface area contributed by atoms with Gasteiger partial charge in [0, 0.05) is 5.56 Å². The largest absolute Gasteiger partial charge is 0.490 e. The molecular formula is C30H29ClN2O5S. The van der Waals surface area contributed by atoms with Gasteiger partial charge in [-0.3, -0.25) is 9.10 Å². The number of carbonyl (C=O) groups excluding carboxylic acids is 1. The molecule has 202 valence electrons. The molecule has 7 nitrogen and oxygen atoms in total. The van der Waals surface area contributed by atoms with Gasteiger partial charge in [0.2, 0.25) is 10.0 Å². The van der Waals surface area contributed by atoms with E-state index in [2.05, 4.69) is 5.32 Å². The summed E-state index contributed by atoms with van der Waals surface area (Å²) in [5.74, 6) is 0.946. The number of nitrogens with zero attached hydrogens (tertiary/aromatic N) is 1. The van der Waals surface area contributed by atoms with Gasteiger partial charge in [0.25, 0.3) is 5.91 Å². The van der Waals surface area contributed by atoms with Crippen molar-refractivity contribution in [3.05, 3.63) is 125 Å². The Bertz CT molecular complexity index is 1480. The van der Waals surface area contributed by atoms with Gasteiger partial charge in [0.1, 0.15) is 24.7 Å². The highest BCUT2D eigenvalue weighted by atomic mass is 35.5. The van der Waals surface area contributed by atoms with E-state index in [1.165, 1.54) is 10.6 Å². The Morgan fingerprint density at radius 3 is 2.15 bits per heavy atom. The quantitative estimate of drug-likeness (QED) is 0.223. The number of halogens is 1. The molecule has 0 aliphatic heterocycles. The van der Waals surface area contributed by atoms with Crippen LogP contribution in [-0.2, 0) is 23.2 Å². The molecule has 0 unspecified atom stereocenters. The van der Waals surface area contributed by atoms with Crippen LogP contribution in [-0.4, -0.2) is 33.7 Å². The minimum Gasteiger partial charge on any atom is -0.490 e. The Hall–Kier alpha value is -4.01. The molecule has 4 aromatic carbocycles. The summed E-state index contributed by atoms with van der Waals surface area (Å²) in [4.78, 5) is 12.5. The first kappa shape index (κ1) is 28.0. The monoisotopic (exact) mass is 564 g/mol. The zero-order chi connectivity index (χ0) is 27.7. The summed E-state index contributed by atoms with van der Waals surface area (Å²) in [6, 6.07) is 30.7. The van der Waals surface area contributed by atoms with E-state index < -0.39 is 10.0 Å². The molecule has 0 spiro atoms. The number of amides is 1. The number of hydrogen-bond acceptors (Lipinski definition) is 5. The predicted molar refractivity (Wildman–Crippen MR) is 154 cm³/mol. The van der Waals surface area contributed by atoms with Gasteiger partial charge in [0.05, 0.1) is 30.1 Å². The number of ether oxygens (including phenoxy) is 2. The SMILES string of the molecule is CS(=O)(=O)N(Cc1ccc(C(=O)NCCOc2ccccc2Cl)cc1)c1ccc(OCc2ccccc2)cc1. The lowest BCUT2D eigenvalue weighted by molar-refractivity contribution is 0.0947. The van der Waals surface area contributed by atoms with E-state index in [0.717, 1.165) is 11.1 Å². The molecule has 0 saturated carbocycles. The van der Waals surface area contributed by atoms with Crippen LogP contribution in [0, 0.1) is 0 Å². The zero-order valence-corrected chi connectivity index (χ0v) is 23.0. The minimum atomic E-state index is -3.56. The fourth-order valence-electron chi connectivity index (χ4n) is 3.77. The third kappa shape index (κ3) is 8.24. The molecule has 0 atom stereocenters. The van der Waals surface area contributed by atoms with Crippen LogP contribution in [0.3, 0.4) is 0 Å². The molecule has 0 heterocycles. The second-order valence-corrected chi connectivity index (χ2v) is 11.1. The molecule has 0 aliphatic rings. The molecule has 0 aromatic heterocycles. The Kier molecular flexibility index (Phi) is 9.46. The van der Waals surface area contributed by atoms with Crippen molar-refractivity contribution in [1.29, 1.82) is 0 Å². The Morgan fingerprint density at radius 1 is 0.821 bits per heavy atom. The van der Waals surface area contributed by atoms with Gasteiger partial charge in [-0.1, -0.05) is 66.2 Å². The van der Waals surface area contributed by atoms with Crippen LogP contribution in [0.4, 0.5) is 5.69 Å². The average molecular weight is 565 g/mol. The van der Waals surface area contributed by atoms with Crippen LogP contribution in [0.25, 0.3) is 0 Å². The lowest BCUT2D eigenvalue weighted by Crippen LogP contribution is -2.29. The van der Waals surface area contributed by atoms with Crippen LogP contribution >= 0.6 is 11.6 Å². The minimum absolute atomic E-state index is 0.122. The van der Waals surface area contributed by atoms with E-state index in [1.54, 1.807) is 60.7 Å². The van der Waals surface area contributed by atoms with Gasteiger partial charge >= 0.3 is 0 Å². The first-order valence-corrected chi connectivity index (χ1v) is 14.5. The lowest BCUT2D eigenvalue weighted by atomic mass is 10.1. The molecule has 0 fully saturated rings. The van der Waals surface area contributed by atoms with Gasteiger partial charge in [0.15, 0.2) is 0 Å². The molecule has 4 aromatic rings. The first-order valence-electron chi connectivity index (χ1n) is 12.3. The maximum Gasteiger partial charge on any atom is 0.251 e. The number of para-hydroxylation sites is 1. The van der Waals surface area contributed by atoms with E-state index in [-0.39, 0.29) is 19.1 Å². The van der Waals surface area contributed by atoms with E-state index in [1.807, 2.05) is 42.5 Å². The van der Waals surface area contributed by atoms with Crippen molar-refractivity contribution >= 4 is 33.2 Å². The van der Waals surface area contributed by atoms with E-state index in [9.17, 15) is 13.2 Å². The maximum absolute atomic E-state index is 12.6. The van der Waals surface area contributed by atoms with Crippen LogP contribution in [0.15, 0.2) is 103 Å². The van der Waals surface area contributed by atoms with Crippen molar-refractivity contribution in [2.24, 2.45) is 0 Å². The fraction of sp³-hybridized carbons (Fsp3) is 0.167. The standard InChI is InChI=1S/C30H29ClN2O5S/c1-39(35,36)33(26-15-17-27(18-16-26)38-22-24-7-3-2-4-8-24)21-23-11-13-25(14-12-23)30(34)32-19-20-37-29-10-6-5-9-28(29)31/h2-18H,19-22H2,1H3,(H,32,34). The van der Waals surface area contributed by atoms with Crippen molar-refractivity contribution in [3.63, 3.8) is 0 Å². The van der Waals surface area contributed by atoms with Crippen LogP contribution in [0.5, 0.6) is 11.5 Å². The highest BCUT2D eigenvalue weighted by Gasteiger charge is 2.18. The van der Waals surface area contributed by atoms with Gasteiger partial charge in [-0.05, 0) is 59.7 Å². The highest BCUT2D eigenvalue weighted by molar-refractivity contribution is 7.92. The highest BCUT2D eigenvalue weighted by Crippen LogP contribution is 2.25. The van der Waals surface area contributed by atoms with Gasteiger partial charge < -0.3 is 14.8 Å². The molecule has 4 rings (SSSR count). The predicted octanol–water partition coefficient (Wildman–Crippen LogP) is 5.69.